The van der Waals surface area contributed by atoms with E-state index in [2.05, 4.69) is 77.7 Å². The Hall–Kier alpha value is -3.20. The van der Waals surface area contributed by atoms with Gasteiger partial charge in [0, 0.05) is 12.1 Å². The second-order valence-electron chi connectivity index (χ2n) is 7.02. The normalized spacial score (nSPS) is 16.2. The van der Waals surface area contributed by atoms with Crippen molar-refractivity contribution in [2.75, 3.05) is 18.6 Å². The highest BCUT2D eigenvalue weighted by atomic mass is 16.5. The Morgan fingerprint density at radius 2 is 1.54 bits per heavy atom. The van der Waals surface area contributed by atoms with E-state index in [0.29, 0.717) is 6.61 Å². The van der Waals surface area contributed by atoms with Crippen LogP contribution in [0.25, 0.3) is 0 Å². The summed E-state index contributed by atoms with van der Waals surface area (Å²) >= 11 is 0. The molecular formula is C25H25NO2. The molecule has 0 amide bonds. The Kier molecular flexibility index (Phi) is 5.62. The number of methoxy groups -OCH3 is 1. The van der Waals surface area contributed by atoms with Crippen LogP contribution in [-0.4, -0.2) is 19.8 Å². The third-order valence-corrected chi connectivity index (χ3v) is 5.08. The van der Waals surface area contributed by atoms with Crippen LogP contribution >= 0.6 is 0 Å². The molecule has 0 bridgehead atoms. The second kappa shape index (κ2) is 8.66. The first kappa shape index (κ1) is 18.2. The fraction of sp³-hybridized carbons (Fsp3) is 0.200. The number of hydrogen-bond donors (Lipinski definition) is 0. The van der Waals surface area contributed by atoms with Crippen LogP contribution in [0.1, 0.15) is 11.1 Å². The summed E-state index contributed by atoms with van der Waals surface area (Å²) in [6, 6.07) is 29.7. The van der Waals surface area contributed by atoms with Crippen molar-refractivity contribution < 1.29 is 9.47 Å². The molecule has 1 aliphatic heterocycles. The van der Waals surface area contributed by atoms with Crippen LogP contribution in [0.15, 0.2) is 96.9 Å². The number of para-hydroxylation sites is 1. The first-order valence-electron chi connectivity index (χ1n) is 9.65. The van der Waals surface area contributed by atoms with Crippen molar-refractivity contribution in [2.45, 2.75) is 18.9 Å². The van der Waals surface area contributed by atoms with Gasteiger partial charge in [0.05, 0.1) is 18.8 Å². The van der Waals surface area contributed by atoms with E-state index in [1.807, 2.05) is 18.4 Å². The average molecular weight is 371 g/mol. The second-order valence-corrected chi connectivity index (χ2v) is 7.02. The minimum atomic E-state index is 0.253. The molecule has 0 unspecified atom stereocenters. The van der Waals surface area contributed by atoms with Crippen molar-refractivity contribution in [1.29, 1.82) is 0 Å². The molecule has 0 aliphatic carbocycles. The van der Waals surface area contributed by atoms with E-state index in [9.17, 15) is 0 Å². The van der Waals surface area contributed by atoms with Gasteiger partial charge in [-0.3, -0.25) is 0 Å². The number of allylic oxidation sites excluding steroid dienone is 1. The lowest BCUT2D eigenvalue weighted by atomic mass is 10.0. The molecule has 3 aromatic carbocycles. The van der Waals surface area contributed by atoms with E-state index in [0.717, 1.165) is 18.6 Å². The lowest BCUT2D eigenvalue weighted by Crippen LogP contribution is -2.43. The van der Waals surface area contributed by atoms with E-state index in [-0.39, 0.29) is 6.04 Å². The van der Waals surface area contributed by atoms with Gasteiger partial charge in [-0.2, -0.15) is 0 Å². The maximum Gasteiger partial charge on any atom is 0.118 e. The molecule has 3 heteroatoms. The smallest absolute Gasteiger partial charge is 0.118 e. The predicted molar refractivity (Wildman–Crippen MR) is 114 cm³/mol. The van der Waals surface area contributed by atoms with Gasteiger partial charge in [0.1, 0.15) is 18.6 Å². The largest absolute Gasteiger partial charge is 0.497 e. The molecule has 1 atom stereocenters. The van der Waals surface area contributed by atoms with E-state index < -0.39 is 0 Å². The summed E-state index contributed by atoms with van der Waals surface area (Å²) in [7, 11) is 1.69. The molecule has 1 aliphatic rings. The summed E-state index contributed by atoms with van der Waals surface area (Å²) < 4.78 is 11.2. The highest BCUT2D eigenvalue weighted by Crippen LogP contribution is 2.29. The van der Waals surface area contributed by atoms with E-state index in [1.54, 1.807) is 7.11 Å². The summed E-state index contributed by atoms with van der Waals surface area (Å²) in [5.41, 5.74) is 4.93. The third kappa shape index (κ3) is 4.20. The number of ether oxygens (including phenoxy) is 2. The van der Waals surface area contributed by atoms with Crippen LogP contribution in [0.5, 0.6) is 5.75 Å². The first-order valence-corrected chi connectivity index (χ1v) is 9.65. The lowest BCUT2D eigenvalue weighted by molar-refractivity contribution is 0.202. The molecule has 0 radical (unpaired) electrons. The summed E-state index contributed by atoms with van der Waals surface area (Å²) in [6.07, 6.45) is 3.67. The Balaban J connectivity index is 1.62. The highest BCUT2D eigenvalue weighted by Gasteiger charge is 2.27. The van der Waals surface area contributed by atoms with Gasteiger partial charge in [-0.05, 0) is 41.8 Å². The molecule has 3 nitrogen and oxygen atoms in total. The van der Waals surface area contributed by atoms with Crippen molar-refractivity contribution in [3.05, 3.63) is 108 Å². The summed E-state index contributed by atoms with van der Waals surface area (Å²) in [5, 5.41) is 0. The molecule has 0 fully saturated rings. The number of nitrogens with zero attached hydrogens (tertiary/aromatic N) is 1. The van der Waals surface area contributed by atoms with Gasteiger partial charge in [0.15, 0.2) is 0 Å². The van der Waals surface area contributed by atoms with Gasteiger partial charge < -0.3 is 14.4 Å². The molecule has 1 heterocycles. The maximum absolute atomic E-state index is 5.91. The monoisotopic (exact) mass is 371 g/mol. The topological polar surface area (TPSA) is 21.7 Å². The highest BCUT2D eigenvalue weighted by molar-refractivity contribution is 5.55. The standard InChI is InChI=1S/C25H25NO2/c1-27-25-14-12-21(13-15-25)17-24-19-28-18-23(16-20-8-4-2-5-9-20)26(24)22-10-6-3-7-11-22/h2-15,19,23H,16-18H2,1H3/t23-/m0/s1. The number of benzene rings is 3. The van der Waals surface area contributed by atoms with Gasteiger partial charge in [0.2, 0.25) is 0 Å². The summed E-state index contributed by atoms with van der Waals surface area (Å²) in [6.45, 7) is 0.676. The van der Waals surface area contributed by atoms with E-state index >= 15 is 0 Å². The fourth-order valence-corrected chi connectivity index (χ4v) is 3.70. The Labute approximate surface area is 166 Å². The third-order valence-electron chi connectivity index (χ3n) is 5.08. The van der Waals surface area contributed by atoms with Crippen molar-refractivity contribution in [3.8, 4) is 5.75 Å². The number of rotatable bonds is 6. The zero-order chi connectivity index (χ0) is 19.2. The van der Waals surface area contributed by atoms with Gasteiger partial charge in [-0.1, -0.05) is 60.7 Å². The SMILES string of the molecule is COc1ccc(CC2=COC[C@H](Cc3ccccc3)N2c2ccccc2)cc1. The number of hydrogen-bond acceptors (Lipinski definition) is 3. The Bertz CT molecular complexity index is 904. The molecule has 0 spiro atoms. The fourth-order valence-electron chi connectivity index (χ4n) is 3.70. The van der Waals surface area contributed by atoms with E-state index in [1.165, 1.54) is 22.5 Å². The lowest BCUT2D eigenvalue weighted by Gasteiger charge is -2.38. The Morgan fingerprint density at radius 1 is 0.857 bits per heavy atom. The van der Waals surface area contributed by atoms with Gasteiger partial charge >= 0.3 is 0 Å². The average Bonchev–Trinajstić information content (AvgIpc) is 2.76. The van der Waals surface area contributed by atoms with E-state index in [4.69, 9.17) is 9.47 Å². The van der Waals surface area contributed by atoms with Crippen molar-refractivity contribution >= 4 is 5.69 Å². The molecule has 3 aromatic rings. The minimum Gasteiger partial charge on any atom is -0.497 e. The zero-order valence-electron chi connectivity index (χ0n) is 16.1. The number of anilines is 1. The van der Waals surface area contributed by atoms with Crippen molar-refractivity contribution in [2.24, 2.45) is 0 Å². The van der Waals surface area contributed by atoms with Crippen LogP contribution in [0.2, 0.25) is 0 Å². The van der Waals surface area contributed by atoms with Gasteiger partial charge in [0.25, 0.3) is 0 Å². The molecule has 0 aromatic heterocycles. The Morgan fingerprint density at radius 3 is 2.21 bits per heavy atom. The first-order chi connectivity index (χ1) is 13.8. The molecule has 0 saturated heterocycles. The molecule has 142 valence electrons. The van der Waals surface area contributed by atoms with Crippen LogP contribution < -0.4 is 9.64 Å². The van der Waals surface area contributed by atoms with Gasteiger partial charge in [-0.25, -0.2) is 0 Å². The molecule has 28 heavy (non-hydrogen) atoms. The molecule has 0 saturated carbocycles. The van der Waals surface area contributed by atoms with Crippen molar-refractivity contribution in [1.82, 2.24) is 0 Å². The molecule has 0 N–H and O–H groups in total. The minimum absolute atomic E-state index is 0.253. The zero-order valence-corrected chi connectivity index (χ0v) is 16.1. The van der Waals surface area contributed by atoms with Crippen LogP contribution in [0.4, 0.5) is 5.69 Å². The van der Waals surface area contributed by atoms with Crippen molar-refractivity contribution in [3.63, 3.8) is 0 Å². The summed E-state index contributed by atoms with van der Waals surface area (Å²) in [4.78, 5) is 2.43. The molecular weight excluding hydrogens is 346 g/mol. The predicted octanol–water partition coefficient (Wildman–Crippen LogP) is 5.23. The quantitative estimate of drug-likeness (QED) is 0.592. The van der Waals surface area contributed by atoms with Crippen LogP contribution in [0, 0.1) is 0 Å². The van der Waals surface area contributed by atoms with Crippen LogP contribution in [-0.2, 0) is 17.6 Å². The van der Waals surface area contributed by atoms with Crippen LogP contribution in [0.3, 0.4) is 0 Å². The summed E-state index contributed by atoms with van der Waals surface area (Å²) in [5.74, 6) is 0.875. The molecule has 4 rings (SSSR count). The maximum atomic E-state index is 5.91. The van der Waals surface area contributed by atoms with Gasteiger partial charge in [-0.15, -0.1) is 0 Å².